The van der Waals surface area contributed by atoms with Crippen molar-refractivity contribution in [3.63, 3.8) is 0 Å². The summed E-state index contributed by atoms with van der Waals surface area (Å²) < 4.78 is 18.2. The highest BCUT2D eigenvalue weighted by Crippen LogP contribution is 2.44. The zero-order chi connectivity index (χ0) is 27.1. The lowest BCUT2D eigenvalue weighted by Gasteiger charge is -2.32. The molecule has 0 atom stereocenters. The second-order valence-corrected chi connectivity index (χ2v) is 10.7. The van der Waals surface area contributed by atoms with Gasteiger partial charge in [-0.05, 0) is 67.1 Å². The third-order valence-corrected chi connectivity index (χ3v) is 7.66. The van der Waals surface area contributed by atoms with E-state index in [-0.39, 0.29) is 24.9 Å². The summed E-state index contributed by atoms with van der Waals surface area (Å²) in [6, 6.07) is 18.2. The maximum Gasteiger partial charge on any atom is 0.492 e. The Morgan fingerprint density at radius 2 is 1.61 bits per heavy atom. The van der Waals surface area contributed by atoms with E-state index in [1.807, 2.05) is 58.0 Å². The molecule has 1 amide bonds. The molecule has 0 bridgehead atoms. The summed E-state index contributed by atoms with van der Waals surface area (Å²) in [5.74, 6) is 0.242. The quantitative estimate of drug-likeness (QED) is 0.406. The number of hydrogen-bond acceptors (Lipinski definition) is 7. The van der Waals surface area contributed by atoms with Crippen LogP contribution in [-0.4, -0.2) is 42.5 Å². The van der Waals surface area contributed by atoms with Crippen molar-refractivity contribution in [2.24, 2.45) is 0 Å². The molecule has 5 rings (SSSR count). The summed E-state index contributed by atoms with van der Waals surface area (Å²) in [4.78, 5) is 17.0. The van der Waals surface area contributed by atoms with Crippen LogP contribution in [0.4, 0.5) is 16.3 Å². The molecular weight excluding hydrogens is 479 g/mol. The summed E-state index contributed by atoms with van der Waals surface area (Å²) >= 11 is 0. The highest BCUT2D eigenvalue weighted by molar-refractivity contribution is 6.56. The Labute approximate surface area is 223 Å². The Hall–Kier alpha value is -3.82. The van der Waals surface area contributed by atoms with Gasteiger partial charge < -0.3 is 30.8 Å². The van der Waals surface area contributed by atoms with Crippen molar-refractivity contribution < 1.29 is 18.8 Å². The highest BCUT2D eigenvalue weighted by Gasteiger charge is 2.52. The molecule has 1 aromatic heterocycles. The van der Waals surface area contributed by atoms with Gasteiger partial charge in [-0.25, -0.2) is 9.78 Å². The van der Waals surface area contributed by atoms with Crippen LogP contribution in [0.3, 0.4) is 0 Å². The van der Waals surface area contributed by atoms with Crippen molar-refractivity contribution in [2.75, 3.05) is 24.6 Å². The lowest BCUT2D eigenvalue weighted by molar-refractivity contribution is 0.00578. The summed E-state index contributed by atoms with van der Waals surface area (Å²) in [6.45, 7) is 8.29. The predicted octanol–water partition coefficient (Wildman–Crippen LogP) is 4.80. The van der Waals surface area contributed by atoms with E-state index in [1.165, 1.54) is 11.1 Å². The molecule has 1 fully saturated rings. The largest absolute Gasteiger partial charge is 0.492 e. The number of nitrogens with zero attached hydrogens (tertiary/aromatic N) is 1. The fourth-order valence-electron chi connectivity index (χ4n) is 4.82. The zero-order valence-corrected chi connectivity index (χ0v) is 22.2. The van der Waals surface area contributed by atoms with Crippen molar-refractivity contribution in [3.8, 4) is 11.1 Å². The van der Waals surface area contributed by atoms with Gasteiger partial charge in [-0.3, -0.25) is 0 Å². The number of nitrogens with two attached hydrogens (primary N) is 2. The number of nitrogens with one attached hydrogen (secondary N) is 1. The molecule has 8 nitrogen and oxygen atoms in total. The van der Waals surface area contributed by atoms with Gasteiger partial charge in [-0.1, -0.05) is 54.6 Å². The number of hydrogen-bond donors (Lipinski definition) is 3. The van der Waals surface area contributed by atoms with Crippen LogP contribution in [0.1, 0.15) is 50.3 Å². The number of carbonyl (C=O) groups is 1. The molecule has 2 heterocycles. The van der Waals surface area contributed by atoms with Crippen molar-refractivity contribution in [3.05, 3.63) is 83.0 Å². The van der Waals surface area contributed by atoms with E-state index in [0.717, 1.165) is 16.7 Å². The first-order chi connectivity index (χ1) is 18.1. The van der Waals surface area contributed by atoms with Crippen molar-refractivity contribution >= 4 is 30.8 Å². The summed E-state index contributed by atoms with van der Waals surface area (Å²) in [5, 5.41) is 2.87. The summed E-state index contributed by atoms with van der Waals surface area (Å²) in [5.41, 5.74) is 17.1. The smallest absolute Gasteiger partial charge is 0.449 e. The van der Waals surface area contributed by atoms with Crippen LogP contribution in [0.25, 0.3) is 17.2 Å². The van der Waals surface area contributed by atoms with Crippen molar-refractivity contribution in [1.29, 1.82) is 0 Å². The van der Waals surface area contributed by atoms with E-state index in [9.17, 15) is 4.79 Å². The van der Waals surface area contributed by atoms with Gasteiger partial charge in [0.25, 0.3) is 0 Å². The van der Waals surface area contributed by atoms with Gasteiger partial charge in [0.15, 0.2) is 0 Å². The standard InChI is InChI=1S/C29H33BN4O4/c1-28(2)29(3,4)38-30(37-28)19(13-18-14-25(31)26(32)33-15-18)16-34-27(35)36-17-24-22-11-7-5-9-20(22)21-10-6-8-12-23(21)24/h5-15,24H,16-17,31H2,1-4H3,(H2,32,33)(H,34,35). The number of ether oxygens (including phenoxy) is 1. The minimum atomic E-state index is -0.673. The van der Waals surface area contributed by atoms with Gasteiger partial charge in [0.05, 0.1) is 16.9 Å². The molecule has 2 aromatic carbocycles. The molecule has 0 saturated carbocycles. The lowest BCUT2D eigenvalue weighted by Crippen LogP contribution is -2.41. The summed E-state index contributed by atoms with van der Waals surface area (Å²) in [7, 11) is -0.673. The lowest BCUT2D eigenvalue weighted by atomic mass is 9.77. The molecule has 3 aromatic rings. The van der Waals surface area contributed by atoms with E-state index < -0.39 is 24.4 Å². The number of anilines is 2. The average Bonchev–Trinajstić information content (AvgIpc) is 3.31. The first-order valence-electron chi connectivity index (χ1n) is 12.7. The Morgan fingerprint density at radius 1 is 1.03 bits per heavy atom. The monoisotopic (exact) mass is 512 g/mol. The fourth-order valence-corrected chi connectivity index (χ4v) is 4.82. The number of nitrogen functional groups attached to an aromatic ring is 2. The van der Waals surface area contributed by atoms with E-state index >= 15 is 0 Å². The van der Waals surface area contributed by atoms with Crippen molar-refractivity contribution in [1.82, 2.24) is 10.3 Å². The number of alkyl carbamates (subject to hydrolysis) is 1. The molecule has 38 heavy (non-hydrogen) atoms. The minimum absolute atomic E-state index is 0.0184. The maximum absolute atomic E-state index is 12.9. The average molecular weight is 512 g/mol. The fraction of sp³-hybridized carbons (Fsp3) is 0.310. The topological polar surface area (TPSA) is 122 Å². The first kappa shape index (κ1) is 25.8. The Bertz CT molecular complexity index is 1340. The van der Waals surface area contributed by atoms with E-state index in [2.05, 4.69) is 34.6 Å². The number of rotatable bonds is 6. The minimum Gasteiger partial charge on any atom is -0.449 e. The Morgan fingerprint density at radius 3 is 2.18 bits per heavy atom. The third-order valence-electron chi connectivity index (χ3n) is 7.66. The van der Waals surface area contributed by atoms with Crippen molar-refractivity contribution in [2.45, 2.75) is 44.8 Å². The van der Waals surface area contributed by atoms with Gasteiger partial charge in [-0.2, -0.15) is 0 Å². The molecule has 0 spiro atoms. The molecule has 0 unspecified atom stereocenters. The molecule has 0 radical (unpaired) electrons. The molecule has 5 N–H and O–H groups in total. The van der Waals surface area contributed by atoms with E-state index in [1.54, 1.807) is 12.3 Å². The number of carbonyl (C=O) groups excluding carboxylic acids is 1. The van der Waals surface area contributed by atoms with Gasteiger partial charge >= 0.3 is 13.2 Å². The number of amides is 1. The number of aromatic nitrogens is 1. The van der Waals surface area contributed by atoms with Crippen LogP contribution in [0, 0.1) is 0 Å². The molecule has 9 heteroatoms. The number of pyridine rings is 1. The number of fused-ring (bicyclic) bond motifs is 3. The van der Waals surface area contributed by atoms with Crippen LogP contribution < -0.4 is 16.8 Å². The van der Waals surface area contributed by atoms with Gasteiger partial charge in [-0.15, -0.1) is 0 Å². The first-order valence-corrected chi connectivity index (χ1v) is 12.7. The van der Waals surface area contributed by atoms with Crippen LogP contribution in [0.5, 0.6) is 0 Å². The van der Waals surface area contributed by atoms with Crippen LogP contribution in [-0.2, 0) is 14.0 Å². The predicted molar refractivity (Wildman–Crippen MR) is 150 cm³/mol. The van der Waals surface area contributed by atoms with Crippen LogP contribution in [0.2, 0.25) is 0 Å². The number of benzene rings is 2. The van der Waals surface area contributed by atoms with E-state index in [0.29, 0.717) is 11.2 Å². The molecule has 2 aliphatic rings. The van der Waals surface area contributed by atoms with Gasteiger partial charge in [0.1, 0.15) is 12.4 Å². The van der Waals surface area contributed by atoms with Crippen LogP contribution >= 0.6 is 0 Å². The Balaban J connectivity index is 1.30. The highest BCUT2D eigenvalue weighted by atomic mass is 16.7. The maximum atomic E-state index is 12.9. The molecule has 1 aliphatic carbocycles. The molecule has 196 valence electrons. The molecule has 1 saturated heterocycles. The second kappa shape index (κ2) is 9.81. The SMILES string of the molecule is CC1(C)OB(C(=Cc2cnc(N)c(N)c2)CNC(=O)OCC2c3ccccc3-c3ccccc32)OC1(C)C. The Kier molecular flexibility index (Phi) is 6.67. The normalized spacial score (nSPS) is 17.7. The van der Waals surface area contributed by atoms with E-state index in [4.69, 9.17) is 25.5 Å². The molecule has 1 aliphatic heterocycles. The second-order valence-electron chi connectivity index (χ2n) is 10.7. The summed E-state index contributed by atoms with van der Waals surface area (Å²) in [6.07, 6.45) is 2.93. The third kappa shape index (κ3) is 4.87. The van der Waals surface area contributed by atoms with Gasteiger partial charge in [0, 0.05) is 18.7 Å². The van der Waals surface area contributed by atoms with Gasteiger partial charge in [0.2, 0.25) is 0 Å². The zero-order valence-electron chi connectivity index (χ0n) is 22.2. The van der Waals surface area contributed by atoms with Crippen LogP contribution in [0.15, 0.2) is 66.3 Å². The molecular formula is C29H33BN4O4.